The summed E-state index contributed by atoms with van der Waals surface area (Å²) in [6.45, 7) is 0. The number of thioether (sulfide) groups is 1. The van der Waals surface area contributed by atoms with Gasteiger partial charge in [-0.2, -0.15) is 0 Å². The van der Waals surface area contributed by atoms with Gasteiger partial charge in [-0.3, -0.25) is 9.59 Å². The lowest BCUT2D eigenvalue weighted by Gasteiger charge is -2.12. The van der Waals surface area contributed by atoms with Crippen molar-refractivity contribution in [1.82, 2.24) is 0 Å². The molecular formula is C25H24N2O4S. The number of rotatable bonds is 9. The molecule has 164 valence electrons. The van der Waals surface area contributed by atoms with E-state index in [9.17, 15) is 9.59 Å². The number of methoxy groups -OCH3 is 2. The van der Waals surface area contributed by atoms with E-state index in [0.717, 1.165) is 10.5 Å². The van der Waals surface area contributed by atoms with Gasteiger partial charge in [-0.25, -0.2) is 0 Å². The van der Waals surface area contributed by atoms with Crippen LogP contribution in [0.25, 0.3) is 6.08 Å². The minimum atomic E-state index is -0.223. The third-order valence-corrected chi connectivity index (χ3v) is 5.37. The molecule has 0 aromatic heterocycles. The molecule has 7 heteroatoms. The number of hydrogen-bond donors (Lipinski definition) is 2. The first kappa shape index (κ1) is 23.0. The molecule has 0 radical (unpaired) electrons. The van der Waals surface area contributed by atoms with E-state index < -0.39 is 0 Å². The van der Waals surface area contributed by atoms with Gasteiger partial charge in [0.2, 0.25) is 11.8 Å². The van der Waals surface area contributed by atoms with Crippen molar-refractivity contribution in [3.8, 4) is 11.5 Å². The molecule has 0 aliphatic carbocycles. The first-order chi connectivity index (χ1) is 15.6. The van der Waals surface area contributed by atoms with Gasteiger partial charge >= 0.3 is 0 Å². The number of amides is 2. The van der Waals surface area contributed by atoms with Crippen LogP contribution in [0, 0.1) is 0 Å². The summed E-state index contributed by atoms with van der Waals surface area (Å²) in [5, 5.41) is 5.68. The van der Waals surface area contributed by atoms with Crippen molar-refractivity contribution >= 4 is 41.0 Å². The molecule has 6 nitrogen and oxygen atoms in total. The molecule has 0 fully saturated rings. The minimum Gasteiger partial charge on any atom is -0.497 e. The largest absolute Gasteiger partial charge is 0.497 e. The summed E-state index contributed by atoms with van der Waals surface area (Å²) < 4.78 is 10.5. The Bertz CT molecular complexity index is 1100. The highest BCUT2D eigenvalue weighted by Crippen LogP contribution is 2.29. The van der Waals surface area contributed by atoms with E-state index in [1.54, 1.807) is 44.6 Å². The van der Waals surface area contributed by atoms with Crippen molar-refractivity contribution in [2.24, 2.45) is 0 Å². The molecule has 0 spiro atoms. The molecule has 3 aromatic carbocycles. The molecule has 0 heterocycles. The standard InChI is InChI=1S/C25H24N2O4S/c1-30-20-12-13-23(31-2)22(16-20)27-25(29)17-32-21-10-6-9-19(15-21)26-24(28)14-11-18-7-4-3-5-8-18/h3-16H,17H2,1-2H3,(H,26,28)(H,27,29)/b14-11+. The Morgan fingerprint density at radius 2 is 1.72 bits per heavy atom. The third-order valence-electron chi connectivity index (χ3n) is 4.38. The van der Waals surface area contributed by atoms with Crippen LogP contribution in [0.3, 0.4) is 0 Å². The summed E-state index contributed by atoms with van der Waals surface area (Å²) in [6, 6.07) is 22.2. The maximum atomic E-state index is 12.4. The quantitative estimate of drug-likeness (QED) is 0.352. The zero-order valence-corrected chi connectivity index (χ0v) is 18.6. The van der Waals surface area contributed by atoms with Crippen LogP contribution in [0.5, 0.6) is 11.5 Å². The highest BCUT2D eigenvalue weighted by atomic mass is 32.2. The molecular weight excluding hydrogens is 424 g/mol. The van der Waals surface area contributed by atoms with Gasteiger partial charge in [-0.1, -0.05) is 36.4 Å². The Labute approximate surface area is 191 Å². The van der Waals surface area contributed by atoms with Crippen molar-refractivity contribution in [3.63, 3.8) is 0 Å². The summed E-state index contributed by atoms with van der Waals surface area (Å²) >= 11 is 1.37. The lowest BCUT2D eigenvalue weighted by molar-refractivity contribution is -0.114. The molecule has 0 atom stereocenters. The number of nitrogens with one attached hydrogen (secondary N) is 2. The maximum absolute atomic E-state index is 12.4. The number of carbonyl (C=O) groups excluding carboxylic acids is 2. The highest BCUT2D eigenvalue weighted by molar-refractivity contribution is 8.00. The summed E-state index contributed by atoms with van der Waals surface area (Å²) in [7, 11) is 3.10. The van der Waals surface area contributed by atoms with E-state index in [-0.39, 0.29) is 17.6 Å². The van der Waals surface area contributed by atoms with Crippen LogP contribution in [0.4, 0.5) is 11.4 Å². The summed E-state index contributed by atoms with van der Waals surface area (Å²) in [4.78, 5) is 25.5. The number of anilines is 2. The zero-order valence-electron chi connectivity index (χ0n) is 17.8. The summed E-state index contributed by atoms with van der Waals surface area (Å²) in [5.41, 5.74) is 2.15. The molecule has 32 heavy (non-hydrogen) atoms. The van der Waals surface area contributed by atoms with E-state index in [1.165, 1.54) is 17.8 Å². The smallest absolute Gasteiger partial charge is 0.248 e. The van der Waals surface area contributed by atoms with Crippen LogP contribution in [0.1, 0.15) is 5.56 Å². The fraction of sp³-hybridized carbons (Fsp3) is 0.120. The van der Waals surface area contributed by atoms with E-state index in [1.807, 2.05) is 48.5 Å². The van der Waals surface area contributed by atoms with Crippen LogP contribution in [-0.4, -0.2) is 31.8 Å². The van der Waals surface area contributed by atoms with Crippen molar-refractivity contribution < 1.29 is 19.1 Å². The van der Waals surface area contributed by atoms with E-state index in [4.69, 9.17) is 9.47 Å². The van der Waals surface area contributed by atoms with E-state index in [0.29, 0.717) is 22.9 Å². The molecule has 3 aromatic rings. The van der Waals surface area contributed by atoms with Gasteiger partial charge < -0.3 is 20.1 Å². The summed E-state index contributed by atoms with van der Waals surface area (Å²) in [5.74, 6) is 0.975. The van der Waals surface area contributed by atoms with Crippen LogP contribution >= 0.6 is 11.8 Å². The number of ether oxygens (including phenoxy) is 2. The van der Waals surface area contributed by atoms with Gasteiger partial charge in [0.15, 0.2) is 0 Å². The van der Waals surface area contributed by atoms with Crippen molar-refractivity contribution in [1.29, 1.82) is 0 Å². The maximum Gasteiger partial charge on any atom is 0.248 e. The normalized spacial score (nSPS) is 10.6. The predicted octanol–water partition coefficient (Wildman–Crippen LogP) is 5.09. The Balaban J connectivity index is 1.55. The zero-order chi connectivity index (χ0) is 22.8. The van der Waals surface area contributed by atoms with Gasteiger partial charge in [0.1, 0.15) is 11.5 Å². The fourth-order valence-electron chi connectivity index (χ4n) is 2.83. The lowest BCUT2D eigenvalue weighted by atomic mass is 10.2. The van der Waals surface area contributed by atoms with E-state index in [2.05, 4.69) is 10.6 Å². The Morgan fingerprint density at radius 3 is 2.47 bits per heavy atom. The average Bonchev–Trinajstić information content (AvgIpc) is 2.82. The fourth-order valence-corrected chi connectivity index (χ4v) is 3.59. The first-order valence-corrected chi connectivity index (χ1v) is 10.8. The molecule has 3 rings (SSSR count). The van der Waals surface area contributed by atoms with Crippen LogP contribution in [0.2, 0.25) is 0 Å². The van der Waals surface area contributed by atoms with Gasteiger partial charge in [0.25, 0.3) is 0 Å². The minimum absolute atomic E-state index is 0.179. The van der Waals surface area contributed by atoms with E-state index >= 15 is 0 Å². The average molecular weight is 449 g/mol. The lowest BCUT2D eigenvalue weighted by Crippen LogP contribution is -2.14. The second-order valence-corrected chi connectivity index (χ2v) is 7.71. The molecule has 0 saturated heterocycles. The monoisotopic (exact) mass is 448 g/mol. The highest BCUT2D eigenvalue weighted by Gasteiger charge is 2.10. The summed E-state index contributed by atoms with van der Waals surface area (Å²) in [6.07, 6.45) is 3.25. The molecule has 0 aliphatic rings. The van der Waals surface area contributed by atoms with Crippen LogP contribution in [0.15, 0.2) is 83.8 Å². The van der Waals surface area contributed by atoms with Crippen LogP contribution < -0.4 is 20.1 Å². The Morgan fingerprint density at radius 1 is 0.906 bits per heavy atom. The Hall–Kier alpha value is -3.71. The first-order valence-electron chi connectivity index (χ1n) is 9.86. The number of carbonyl (C=O) groups is 2. The number of benzene rings is 3. The molecule has 2 N–H and O–H groups in total. The number of hydrogen-bond acceptors (Lipinski definition) is 5. The second kappa shape index (κ2) is 11.6. The SMILES string of the molecule is COc1ccc(OC)c(NC(=O)CSc2cccc(NC(=O)/C=C/c3ccccc3)c2)c1. The topological polar surface area (TPSA) is 76.7 Å². The van der Waals surface area contributed by atoms with Crippen LogP contribution in [-0.2, 0) is 9.59 Å². The molecule has 0 bridgehead atoms. The molecule has 0 aliphatic heterocycles. The van der Waals surface area contributed by atoms with Gasteiger partial charge in [0.05, 0.1) is 25.7 Å². The van der Waals surface area contributed by atoms with Crippen molar-refractivity contribution in [3.05, 3.63) is 84.4 Å². The molecule has 0 unspecified atom stereocenters. The molecule has 2 amide bonds. The van der Waals surface area contributed by atoms with Crippen molar-refractivity contribution in [2.75, 3.05) is 30.6 Å². The van der Waals surface area contributed by atoms with Crippen molar-refractivity contribution in [2.45, 2.75) is 4.90 Å². The molecule has 0 saturated carbocycles. The second-order valence-electron chi connectivity index (χ2n) is 6.66. The predicted molar refractivity (Wildman–Crippen MR) is 129 cm³/mol. The Kier molecular flexibility index (Phi) is 8.34. The van der Waals surface area contributed by atoms with Gasteiger partial charge in [-0.15, -0.1) is 11.8 Å². The van der Waals surface area contributed by atoms with Gasteiger partial charge in [0, 0.05) is 22.7 Å². The van der Waals surface area contributed by atoms with Gasteiger partial charge in [-0.05, 0) is 42.0 Å². The third kappa shape index (κ3) is 6.92.